The highest BCUT2D eigenvalue weighted by Crippen LogP contribution is 2.32. The van der Waals surface area contributed by atoms with Gasteiger partial charge in [0.25, 0.3) is 5.91 Å². The summed E-state index contributed by atoms with van der Waals surface area (Å²) in [5.41, 5.74) is 2.55. The van der Waals surface area contributed by atoms with Crippen LogP contribution in [0, 0.1) is 11.8 Å². The molecule has 2 fully saturated rings. The number of ether oxygens (including phenoxy) is 1. The van der Waals surface area contributed by atoms with E-state index in [0.29, 0.717) is 42.8 Å². The van der Waals surface area contributed by atoms with Crippen LogP contribution >= 0.6 is 0 Å². The molecule has 2 aliphatic heterocycles. The number of halogens is 3. The summed E-state index contributed by atoms with van der Waals surface area (Å²) in [5, 5.41) is 10.4. The Morgan fingerprint density at radius 3 is 2.35 bits per heavy atom. The largest absolute Gasteiger partial charge is 0.573 e. The maximum atomic E-state index is 12.9. The number of carbonyl (C=O) groups excluding carboxylic acids is 2. The molecule has 2 aliphatic rings. The summed E-state index contributed by atoms with van der Waals surface area (Å²) in [5.74, 6) is -0.135. The minimum atomic E-state index is -4.74. The number of aromatic nitrogens is 3. The number of H-pyrrole nitrogens is 1. The van der Waals surface area contributed by atoms with Crippen LogP contribution in [0.25, 0.3) is 17.1 Å². The van der Waals surface area contributed by atoms with Crippen molar-refractivity contribution < 1.29 is 27.5 Å². The third-order valence-corrected chi connectivity index (χ3v) is 6.19. The first-order valence-electron chi connectivity index (χ1n) is 10.7. The van der Waals surface area contributed by atoms with Crippen molar-refractivity contribution in [2.45, 2.75) is 6.36 Å². The van der Waals surface area contributed by atoms with E-state index in [1.165, 1.54) is 30.3 Å². The van der Waals surface area contributed by atoms with E-state index in [1.807, 2.05) is 4.90 Å². The molecule has 1 aromatic heterocycles. The van der Waals surface area contributed by atoms with Crippen LogP contribution in [0.2, 0.25) is 0 Å². The molecule has 3 heterocycles. The molecule has 2 amide bonds. The van der Waals surface area contributed by atoms with Crippen molar-refractivity contribution in [3.8, 4) is 5.75 Å². The summed E-state index contributed by atoms with van der Waals surface area (Å²) >= 11 is 0. The summed E-state index contributed by atoms with van der Waals surface area (Å²) in [6.45, 7) is 2.26. The summed E-state index contributed by atoms with van der Waals surface area (Å²) in [6.07, 6.45) is -1.77. The monoisotopic (exact) mass is 471 g/mol. The van der Waals surface area contributed by atoms with Gasteiger partial charge in [0.15, 0.2) is 0 Å². The lowest BCUT2D eigenvalue weighted by atomic mass is 10.0. The normalized spacial score (nSPS) is 20.3. The van der Waals surface area contributed by atoms with Crippen molar-refractivity contribution in [3.05, 3.63) is 59.7 Å². The molecule has 2 atom stereocenters. The van der Waals surface area contributed by atoms with Gasteiger partial charge in [-0.25, -0.2) is 0 Å². The first-order valence-corrected chi connectivity index (χ1v) is 10.7. The van der Waals surface area contributed by atoms with Gasteiger partial charge in [0, 0.05) is 49.7 Å². The molecule has 5 rings (SSSR count). The lowest BCUT2D eigenvalue weighted by Crippen LogP contribution is -2.35. The number of amides is 2. The van der Waals surface area contributed by atoms with Gasteiger partial charge < -0.3 is 14.5 Å². The quantitative estimate of drug-likeness (QED) is 0.591. The summed E-state index contributed by atoms with van der Waals surface area (Å²) < 4.78 is 40.6. The molecule has 1 N–H and O–H groups in total. The second-order valence-corrected chi connectivity index (χ2v) is 8.47. The van der Waals surface area contributed by atoms with Crippen LogP contribution in [0.4, 0.5) is 13.2 Å². The van der Waals surface area contributed by atoms with E-state index in [-0.39, 0.29) is 29.4 Å². The molecular formula is C23H20F3N5O3. The van der Waals surface area contributed by atoms with Gasteiger partial charge in [-0.3, -0.25) is 14.7 Å². The fourth-order valence-electron chi connectivity index (χ4n) is 4.55. The SMILES string of the molecule is O=C(C=Cc1ccc(OC(F)(F)F)cc1)N1C[C@@H]2CN(C(=O)c3ccc4[nH]nnc4c3)C[C@H]2C1. The number of nitrogens with zero attached hydrogens (tertiary/aromatic N) is 4. The molecule has 2 saturated heterocycles. The smallest absolute Gasteiger partial charge is 0.406 e. The fourth-order valence-corrected chi connectivity index (χ4v) is 4.55. The average molecular weight is 471 g/mol. The third-order valence-electron chi connectivity index (χ3n) is 6.19. The van der Waals surface area contributed by atoms with E-state index in [9.17, 15) is 22.8 Å². The van der Waals surface area contributed by atoms with Gasteiger partial charge in [0.05, 0.1) is 5.52 Å². The number of aromatic amines is 1. The number of benzene rings is 2. The molecule has 0 spiro atoms. The molecular weight excluding hydrogens is 451 g/mol. The zero-order valence-electron chi connectivity index (χ0n) is 17.8. The maximum absolute atomic E-state index is 12.9. The minimum Gasteiger partial charge on any atom is -0.406 e. The van der Waals surface area contributed by atoms with Gasteiger partial charge >= 0.3 is 6.36 Å². The molecule has 8 nitrogen and oxygen atoms in total. The fraction of sp³-hybridized carbons (Fsp3) is 0.304. The predicted octanol–water partition coefficient (Wildman–Crippen LogP) is 3.10. The van der Waals surface area contributed by atoms with Crippen LogP contribution in [0.1, 0.15) is 15.9 Å². The molecule has 2 aromatic carbocycles. The number of alkyl halides is 3. The first kappa shape index (κ1) is 21.9. The van der Waals surface area contributed by atoms with Crippen molar-refractivity contribution in [1.82, 2.24) is 25.2 Å². The number of rotatable bonds is 4. The molecule has 3 aromatic rings. The van der Waals surface area contributed by atoms with E-state index in [0.717, 1.165) is 5.52 Å². The molecule has 176 valence electrons. The molecule has 0 bridgehead atoms. The lowest BCUT2D eigenvalue weighted by molar-refractivity contribution is -0.274. The lowest BCUT2D eigenvalue weighted by Gasteiger charge is -2.21. The van der Waals surface area contributed by atoms with Crippen LogP contribution in [-0.2, 0) is 4.79 Å². The van der Waals surface area contributed by atoms with Gasteiger partial charge in [-0.15, -0.1) is 18.3 Å². The van der Waals surface area contributed by atoms with Crippen molar-refractivity contribution in [1.29, 1.82) is 0 Å². The van der Waals surface area contributed by atoms with Crippen LogP contribution < -0.4 is 4.74 Å². The average Bonchev–Trinajstić information content (AvgIpc) is 3.51. The van der Waals surface area contributed by atoms with Gasteiger partial charge in [-0.1, -0.05) is 17.3 Å². The number of hydrogen-bond acceptors (Lipinski definition) is 5. The third kappa shape index (κ3) is 4.59. The minimum absolute atomic E-state index is 0.0602. The second kappa shape index (κ2) is 8.47. The van der Waals surface area contributed by atoms with Gasteiger partial charge in [0.1, 0.15) is 11.3 Å². The molecule has 0 saturated carbocycles. The Balaban J connectivity index is 1.15. The van der Waals surface area contributed by atoms with E-state index in [2.05, 4.69) is 20.1 Å². The Morgan fingerprint density at radius 1 is 1.00 bits per heavy atom. The Hall–Kier alpha value is -3.89. The summed E-state index contributed by atoms with van der Waals surface area (Å²) in [6, 6.07) is 10.5. The second-order valence-electron chi connectivity index (χ2n) is 8.47. The zero-order valence-corrected chi connectivity index (χ0v) is 17.8. The zero-order chi connectivity index (χ0) is 23.9. The number of likely N-dealkylation sites (tertiary alicyclic amines) is 2. The highest BCUT2D eigenvalue weighted by atomic mass is 19.4. The van der Waals surface area contributed by atoms with Crippen LogP contribution in [0.15, 0.2) is 48.5 Å². The van der Waals surface area contributed by atoms with E-state index >= 15 is 0 Å². The van der Waals surface area contributed by atoms with Gasteiger partial charge in [-0.2, -0.15) is 0 Å². The topological polar surface area (TPSA) is 91.4 Å². The molecule has 0 aliphatic carbocycles. The highest BCUT2D eigenvalue weighted by Gasteiger charge is 2.42. The maximum Gasteiger partial charge on any atom is 0.573 e. The highest BCUT2D eigenvalue weighted by molar-refractivity contribution is 5.97. The van der Waals surface area contributed by atoms with E-state index < -0.39 is 6.36 Å². The van der Waals surface area contributed by atoms with Gasteiger partial charge in [-0.05, 0) is 42.0 Å². The van der Waals surface area contributed by atoms with Gasteiger partial charge in [0.2, 0.25) is 5.91 Å². The summed E-state index contributed by atoms with van der Waals surface area (Å²) in [4.78, 5) is 29.1. The molecule has 34 heavy (non-hydrogen) atoms. The Kier molecular flexibility index (Phi) is 5.46. The van der Waals surface area contributed by atoms with Crippen molar-refractivity contribution in [2.24, 2.45) is 11.8 Å². The van der Waals surface area contributed by atoms with Crippen molar-refractivity contribution in [3.63, 3.8) is 0 Å². The van der Waals surface area contributed by atoms with E-state index in [4.69, 9.17) is 0 Å². The van der Waals surface area contributed by atoms with Crippen molar-refractivity contribution >= 4 is 28.9 Å². The Labute approximate surface area is 192 Å². The first-order chi connectivity index (χ1) is 16.2. The number of nitrogens with one attached hydrogen (secondary N) is 1. The number of carbonyl (C=O) groups is 2. The summed E-state index contributed by atoms with van der Waals surface area (Å²) in [7, 11) is 0. The standard InChI is InChI=1S/C23H20F3N5O3/c24-23(25,26)34-18-5-1-14(2-6-18)3-8-21(32)30-10-16-12-31(13-17(16)11-30)22(33)15-4-7-19-20(9-15)28-29-27-19/h1-9,16-17H,10-13H2,(H,27,28,29)/t16-,17-/m1/s1. The van der Waals surface area contributed by atoms with Crippen LogP contribution in [0.3, 0.4) is 0 Å². The molecule has 0 radical (unpaired) electrons. The molecule has 0 unspecified atom stereocenters. The Bertz CT molecular complexity index is 1240. The van der Waals surface area contributed by atoms with Crippen molar-refractivity contribution in [2.75, 3.05) is 26.2 Å². The van der Waals surface area contributed by atoms with Crippen LogP contribution in [0.5, 0.6) is 5.75 Å². The molecule has 11 heteroatoms. The Morgan fingerprint density at radius 2 is 1.68 bits per heavy atom. The van der Waals surface area contributed by atoms with Crippen LogP contribution in [-0.4, -0.2) is 69.6 Å². The number of hydrogen-bond donors (Lipinski definition) is 1. The van der Waals surface area contributed by atoms with E-state index in [1.54, 1.807) is 29.2 Å². The predicted molar refractivity (Wildman–Crippen MR) is 116 cm³/mol. The number of fused-ring (bicyclic) bond motifs is 2.